The molecule has 5 heteroatoms. The molecule has 1 aromatic heterocycles. The van der Waals surface area contributed by atoms with Gasteiger partial charge in [0.1, 0.15) is 17.2 Å². The van der Waals surface area contributed by atoms with Crippen molar-refractivity contribution in [2.75, 3.05) is 11.5 Å². The second-order valence-electron chi connectivity index (χ2n) is 8.13. The van der Waals surface area contributed by atoms with E-state index in [9.17, 15) is 0 Å². The molecule has 3 rings (SSSR count). The summed E-state index contributed by atoms with van der Waals surface area (Å²) in [4.78, 5) is 0. The van der Waals surface area contributed by atoms with Crippen molar-refractivity contribution < 1.29 is 0 Å². The van der Waals surface area contributed by atoms with E-state index in [1.807, 2.05) is 36.5 Å². The second kappa shape index (κ2) is 7.51. The monoisotopic (exact) mass is 375 g/mol. The molecule has 136 valence electrons. The van der Waals surface area contributed by atoms with Crippen LogP contribution in [-0.4, -0.2) is 26.5 Å². The van der Waals surface area contributed by atoms with Crippen LogP contribution in [0.5, 0.6) is 0 Å². The van der Waals surface area contributed by atoms with Crippen LogP contribution in [0.25, 0.3) is 5.69 Å². The highest BCUT2D eigenvalue weighted by Crippen LogP contribution is 2.30. The molecule has 0 aliphatic carbocycles. The van der Waals surface area contributed by atoms with Crippen molar-refractivity contribution in [3.63, 3.8) is 0 Å². The molecule has 0 saturated heterocycles. The van der Waals surface area contributed by atoms with Gasteiger partial charge in [-0.15, -0.1) is 5.10 Å². The second-order valence-corrected chi connectivity index (χ2v) is 10.2. The standard InChI is InChI=1S/C22H23N4S/c1-21(2)11-12-22(3,4)17-27(16-21)15-19-14-26(25-24-19)20-9-7-18(8-10-20)6-5-13-23/h7-10,14H,15-17H2,1-4H3/q+1. The van der Waals surface area contributed by atoms with E-state index >= 15 is 0 Å². The van der Waals surface area contributed by atoms with Crippen molar-refractivity contribution in [2.24, 2.45) is 10.8 Å². The van der Waals surface area contributed by atoms with Crippen molar-refractivity contribution in [1.82, 2.24) is 15.0 Å². The van der Waals surface area contributed by atoms with Crippen LogP contribution < -0.4 is 0 Å². The molecule has 0 radical (unpaired) electrons. The van der Waals surface area contributed by atoms with E-state index in [1.54, 1.807) is 4.68 Å². The molecule has 27 heavy (non-hydrogen) atoms. The lowest BCUT2D eigenvalue weighted by atomic mass is 9.92. The quantitative estimate of drug-likeness (QED) is 0.611. The van der Waals surface area contributed by atoms with Gasteiger partial charge in [-0.05, 0) is 62.9 Å². The molecule has 0 saturated carbocycles. The van der Waals surface area contributed by atoms with Gasteiger partial charge in [-0.3, -0.25) is 0 Å². The number of aromatic nitrogens is 3. The van der Waals surface area contributed by atoms with Crippen LogP contribution >= 0.6 is 0 Å². The van der Waals surface area contributed by atoms with Crippen molar-refractivity contribution in [3.8, 4) is 35.4 Å². The van der Waals surface area contributed by atoms with E-state index in [1.165, 1.54) is 0 Å². The smallest absolute Gasteiger partial charge is 0.153 e. The molecule has 0 bridgehead atoms. The van der Waals surface area contributed by atoms with Crippen LogP contribution in [-0.2, 0) is 16.6 Å². The molecule has 1 aliphatic rings. The number of nitrogens with zero attached hydrogens (tertiary/aromatic N) is 4. The van der Waals surface area contributed by atoms with Gasteiger partial charge >= 0.3 is 0 Å². The number of hydrogen-bond donors (Lipinski definition) is 0. The fourth-order valence-corrected chi connectivity index (χ4v) is 6.12. The Labute approximate surface area is 164 Å². The van der Waals surface area contributed by atoms with Gasteiger partial charge < -0.3 is 0 Å². The van der Waals surface area contributed by atoms with Gasteiger partial charge in [-0.2, -0.15) is 5.26 Å². The summed E-state index contributed by atoms with van der Waals surface area (Å²) in [6.07, 6.45) is 2.01. The first kappa shape index (κ1) is 19.1. The number of rotatable bonds is 3. The Hall–Kier alpha value is -2.68. The summed E-state index contributed by atoms with van der Waals surface area (Å²) in [6.45, 7) is 8.92. The average molecular weight is 376 g/mol. The van der Waals surface area contributed by atoms with Crippen LogP contribution in [0.15, 0.2) is 30.5 Å². The Morgan fingerprint density at radius 3 is 2.33 bits per heavy atom. The lowest BCUT2D eigenvalue weighted by Gasteiger charge is -2.18. The fraction of sp³-hybridized carbons (Fsp3) is 0.409. The van der Waals surface area contributed by atoms with Gasteiger partial charge in [-0.25, -0.2) is 4.68 Å². The Morgan fingerprint density at radius 2 is 1.74 bits per heavy atom. The predicted molar refractivity (Wildman–Crippen MR) is 110 cm³/mol. The lowest BCUT2D eigenvalue weighted by molar-refractivity contribution is 0.574. The highest BCUT2D eigenvalue weighted by molar-refractivity contribution is 7.96. The zero-order valence-corrected chi connectivity index (χ0v) is 17.0. The summed E-state index contributed by atoms with van der Waals surface area (Å²) in [6, 6.07) is 9.47. The van der Waals surface area contributed by atoms with E-state index in [0.29, 0.717) is 0 Å². The Morgan fingerprint density at radius 1 is 1.11 bits per heavy atom. The number of nitriles is 1. The zero-order valence-electron chi connectivity index (χ0n) is 16.2. The van der Waals surface area contributed by atoms with Crippen molar-refractivity contribution in [1.29, 1.82) is 5.26 Å². The summed E-state index contributed by atoms with van der Waals surface area (Å²) in [7, 11) is 0.208. The van der Waals surface area contributed by atoms with Gasteiger partial charge in [0.05, 0.1) is 22.7 Å². The van der Waals surface area contributed by atoms with Crippen molar-refractivity contribution in [2.45, 2.75) is 33.4 Å². The topological polar surface area (TPSA) is 54.5 Å². The van der Waals surface area contributed by atoms with Crippen LogP contribution in [0.3, 0.4) is 0 Å². The molecule has 4 nitrogen and oxygen atoms in total. The van der Waals surface area contributed by atoms with Crippen LogP contribution in [0.4, 0.5) is 0 Å². The molecule has 1 aliphatic heterocycles. The largest absolute Gasteiger partial charge is 0.220 e. The first-order valence-corrected chi connectivity index (χ1v) is 10.6. The number of benzene rings is 1. The molecule has 0 atom stereocenters. The third-order valence-electron chi connectivity index (χ3n) is 4.16. The minimum Gasteiger partial charge on any atom is -0.220 e. The van der Waals surface area contributed by atoms with E-state index in [0.717, 1.165) is 34.2 Å². The third kappa shape index (κ3) is 5.16. The molecule has 2 aromatic rings. The van der Waals surface area contributed by atoms with E-state index in [-0.39, 0.29) is 21.7 Å². The fourth-order valence-electron chi connectivity index (χ4n) is 3.08. The molecule has 0 unspecified atom stereocenters. The van der Waals surface area contributed by atoms with Gasteiger partial charge in [0.25, 0.3) is 0 Å². The summed E-state index contributed by atoms with van der Waals surface area (Å²) < 4.78 is 1.80. The highest BCUT2D eigenvalue weighted by Gasteiger charge is 2.37. The van der Waals surface area contributed by atoms with Crippen LogP contribution in [0.2, 0.25) is 0 Å². The maximum absolute atomic E-state index is 8.53. The van der Waals surface area contributed by atoms with Crippen molar-refractivity contribution >= 4 is 10.9 Å². The minimum absolute atomic E-state index is 0.0488. The Kier molecular flexibility index (Phi) is 5.31. The molecule has 0 spiro atoms. The minimum atomic E-state index is 0.0488. The van der Waals surface area contributed by atoms with Crippen LogP contribution in [0.1, 0.15) is 39.0 Å². The molecule has 0 amide bonds. The summed E-state index contributed by atoms with van der Waals surface area (Å²) in [5.74, 6) is 15.2. The van der Waals surface area contributed by atoms with Gasteiger partial charge in [0, 0.05) is 11.5 Å². The molecular formula is C22H23N4S+. The summed E-state index contributed by atoms with van der Waals surface area (Å²) in [5, 5.41) is 17.2. The summed E-state index contributed by atoms with van der Waals surface area (Å²) in [5.41, 5.74) is 2.86. The van der Waals surface area contributed by atoms with Crippen LogP contribution in [0, 0.1) is 45.8 Å². The van der Waals surface area contributed by atoms with E-state index in [2.05, 4.69) is 61.7 Å². The lowest BCUT2D eigenvalue weighted by Crippen LogP contribution is -2.29. The SMILES string of the molecule is CC1(C)C#CC(C)(C)C[S+](Cc2cn(-c3ccc(C#CC#N)cc3)nn2)C1. The maximum atomic E-state index is 8.53. The molecule has 2 heterocycles. The number of hydrogen-bond acceptors (Lipinski definition) is 3. The van der Waals surface area contributed by atoms with Gasteiger partial charge in [0.15, 0.2) is 11.8 Å². The maximum Gasteiger partial charge on any atom is 0.153 e. The molecule has 0 N–H and O–H groups in total. The molecule has 0 fully saturated rings. The van der Waals surface area contributed by atoms with Crippen molar-refractivity contribution in [3.05, 3.63) is 41.7 Å². The first-order valence-electron chi connectivity index (χ1n) is 8.87. The van der Waals surface area contributed by atoms with Gasteiger partial charge in [0.2, 0.25) is 0 Å². The predicted octanol–water partition coefficient (Wildman–Crippen LogP) is 3.33. The molecule has 1 aromatic carbocycles. The normalized spacial score (nSPS) is 17.6. The van der Waals surface area contributed by atoms with E-state index < -0.39 is 0 Å². The Balaban J connectivity index is 1.73. The highest BCUT2D eigenvalue weighted by atomic mass is 32.2. The Bertz CT molecular complexity index is 963. The molecular weight excluding hydrogens is 352 g/mol. The third-order valence-corrected chi connectivity index (χ3v) is 7.12. The summed E-state index contributed by atoms with van der Waals surface area (Å²) >= 11 is 0. The average Bonchev–Trinajstić information content (AvgIpc) is 3.02. The first-order chi connectivity index (χ1) is 12.8. The zero-order chi connectivity index (χ0) is 19.5. The van der Waals surface area contributed by atoms with E-state index in [4.69, 9.17) is 5.26 Å². The van der Waals surface area contributed by atoms with Gasteiger partial charge in [-0.1, -0.05) is 23.0 Å².